The van der Waals surface area contributed by atoms with Crippen molar-refractivity contribution >= 4 is 17.7 Å². The van der Waals surface area contributed by atoms with E-state index in [1.54, 1.807) is 12.1 Å². The first kappa shape index (κ1) is 17.6. The monoisotopic (exact) mass is 342 g/mol. The van der Waals surface area contributed by atoms with E-state index in [4.69, 9.17) is 0 Å². The van der Waals surface area contributed by atoms with Gasteiger partial charge in [0.05, 0.1) is 11.1 Å². The van der Waals surface area contributed by atoms with E-state index >= 15 is 0 Å². The molecule has 5 nitrogen and oxygen atoms in total. The van der Waals surface area contributed by atoms with Gasteiger partial charge in [0, 0.05) is 19.0 Å². The SMILES string of the molecule is Cc1ccc2c(c1)C(=O)N(CCCC(=O)NC1CCCCCC1)C2=O. The van der Waals surface area contributed by atoms with Crippen LogP contribution in [0.3, 0.4) is 0 Å². The summed E-state index contributed by atoms with van der Waals surface area (Å²) in [5, 5.41) is 3.10. The topological polar surface area (TPSA) is 66.5 Å². The lowest BCUT2D eigenvalue weighted by atomic mass is 10.1. The van der Waals surface area contributed by atoms with E-state index in [0.29, 0.717) is 30.5 Å². The number of aryl methyl sites for hydroxylation is 1. The second-order valence-electron chi connectivity index (χ2n) is 7.17. The fourth-order valence-corrected chi connectivity index (χ4v) is 3.73. The van der Waals surface area contributed by atoms with Gasteiger partial charge in [-0.05, 0) is 38.3 Å². The molecule has 1 heterocycles. The Kier molecular flexibility index (Phi) is 5.51. The lowest BCUT2D eigenvalue weighted by Crippen LogP contribution is -2.35. The summed E-state index contributed by atoms with van der Waals surface area (Å²) in [6.45, 7) is 2.20. The third kappa shape index (κ3) is 4.09. The molecule has 1 N–H and O–H groups in total. The number of hydrogen-bond donors (Lipinski definition) is 1. The first-order valence-corrected chi connectivity index (χ1v) is 9.32. The number of imide groups is 1. The van der Waals surface area contributed by atoms with Gasteiger partial charge in [0.2, 0.25) is 5.91 Å². The Labute approximate surface area is 148 Å². The fourth-order valence-electron chi connectivity index (χ4n) is 3.73. The Morgan fingerprint density at radius 1 is 1.08 bits per heavy atom. The quantitative estimate of drug-likeness (QED) is 0.660. The van der Waals surface area contributed by atoms with Crippen LogP contribution in [0.4, 0.5) is 0 Å². The van der Waals surface area contributed by atoms with E-state index in [0.717, 1.165) is 18.4 Å². The highest BCUT2D eigenvalue weighted by Gasteiger charge is 2.34. The summed E-state index contributed by atoms with van der Waals surface area (Å²) >= 11 is 0. The van der Waals surface area contributed by atoms with Crippen molar-refractivity contribution in [2.75, 3.05) is 6.54 Å². The van der Waals surface area contributed by atoms with Crippen molar-refractivity contribution < 1.29 is 14.4 Å². The molecule has 5 heteroatoms. The zero-order valence-electron chi connectivity index (χ0n) is 14.8. The number of carbonyl (C=O) groups is 3. The molecule has 3 amide bonds. The van der Waals surface area contributed by atoms with Gasteiger partial charge >= 0.3 is 0 Å². The highest BCUT2D eigenvalue weighted by molar-refractivity contribution is 6.21. The molecule has 0 saturated heterocycles. The highest BCUT2D eigenvalue weighted by atomic mass is 16.2. The number of nitrogens with zero attached hydrogens (tertiary/aromatic N) is 1. The standard InChI is InChI=1S/C20H26N2O3/c1-14-10-11-16-17(13-14)20(25)22(19(16)24)12-6-9-18(23)21-15-7-4-2-3-5-8-15/h10-11,13,15H,2-9,12H2,1H3,(H,21,23). The van der Waals surface area contributed by atoms with E-state index in [1.807, 2.05) is 13.0 Å². The molecular formula is C20H26N2O3. The maximum Gasteiger partial charge on any atom is 0.261 e. The number of carbonyl (C=O) groups excluding carboxylic acids is 3. The third-order valence-electron chi connectivity index (χ3n) is 5.13. The zero-order valence-corrected chi connectivity index (χ0v) is 14.8. The molecule has 3 rings (SSSR count). The van der Waals surface area contributed by atoms with Crippen molar-refractivity contribution in [2.24, 2.45) is 0 Å². The van der Waals surface area contributed by atoms with Crippen molar-refractivity contribution in [3.63, 3.8) is 0 Å². The molecule has 1 fully saturated rings. The predicted octanol–water partition coefficient (Wildman–Crippen LogP) is 3.21. The number of fused-ring (bicyclic) bond motifs is 1. The molecular weight excluding hydrogens is 316 g/mol. The molecule has 1 aliphatic heterocycles. The van der Waals surface area contributed by atoms with Gasteiger partial charge in [-0.3, -0.25) is 19.3 Å². The number of nitrogens with one attached hydrogen (secondary N) is 1. The third-order valence-corrected chi connectivity index (χ3v) is 5.13. The molecule has 0 bridgehead atoms. The van der Waals surface area contributed by atoms with E-state index in [9.17, 15) is 14.4 Å². The van der Waals surface area contributed by atoms with Crippen LogP contribution in [0, 0.1) is 6.92 Å². The van der Waals surface area contributed by atoms with Gasteiger partial charge in [-0.1, -0.05) is 37.3 Å². The van der Waals surface area contributed by atoms with Gasteiger partial charge in [-0.25, -0.2) is 0 Å². The van der Waals surface area contributed by atoms with E-state index in [-0.39, 0.29) is 23.8 Å². The number of benzene rings is 1. The molecule has 1 aromatic carbocycles. The van der Waals surface area contributed by atoms with Crippen LogP contribution in [0.1, 0.15) is 77.6 Å². The van der Waals surface area contributed by atoms with Gasteiger partial charge in [-0.2, -0.15) is 0 Å². The lowest BCUT2D eigenvalue weighted by Gasteiger charge is -2.17. The van der Waals surface area contributed by atoms with Crippen LogP contribution in [-0.4, -0.2) is 35.2 Å². The van der Waals surface area contributed by atoms with Crippen LogP contribution >= 0.6 is 0 Å². The minimum Gasteiger partial charge on any atom is -0.353 e. The van der Waals surface area contributed by atoms with Crippen molar-refractivity contribution in [3.05, 3.63) is 34.9 Å². The Balaban J connectivity index is 1.48. The van der Waals surface area contributed by atoms with E-state index < -0.39 is 0 Å². The minimum absolute atomic E-state index is 0.0272. The normalized spacial score (nSPS) is 18.2. The summed E-state index contributed by atoms with van der Waals surface area (Å²) in [6.07, 6.45) is 7.84. The smallest absolute Gasteiger partial charge is 0.261 e. The van der Waals surface area contributed by atoms with E-state index in [2.05, 4.69) is 5.32 Å². The van der Waals surface area contributed by atoms with Gasteiger partial charge in [0.15, 0.2) is 0 Å². The lowest BCUT2D eigenvalue weighted by molar-refractivity contribution is -0.122. The molecule has 0 radical (unpaired) electrons. The average Bonchev–Trinajstić information content (AvgIpc) is 2.77. The second kappa shape index (κ2) is 7.81. The maximum atomic E-state index is 12.4. The minimum atomic E-state index is -0.246. The Bertz CT molecular complexity index is 676. The molecule has 0 spiro atoms. The zero-order chi connectivity index (χ0) is 17.8. The molecule has 134 valence electrons. The second-order valence-corrected chi connectivity index (χ2v) is 7.17. The first-order chi connectivity index (χ1) is 12.1. The van der Waals surface area contributed by atoms with E-state index in [1.165, 1.54) is 30.6 Å². The van der Waals surface area contributed by atoms with Gasteiger partial charge in [0.1, 0.15) is 0 Å². The number of rotatable bonds is 5. The van der Waals surface area contributed by atoms with Crippen molar-refractivity contribution in [2.45, 2.75) is 64.3 Å². The summed E-state index contributed by atoms with van der Waals surface area (Å²) < 4.78 is 0. The fraction of sp³-hybridized carbons (Fsp3) is 0.550. The summed E-state index contributed by atoms with van der Waals surface area (Å²) in [5.74, 6) is -0.462. The average molecular weight is 342 g/mol. The van der Waals surface area contributed by atoms with Crippen molar-refractivity contribution in [3.8, 4) is 0 Å². The van der Waals surface area contributed by atoms with Crippen molar-refractivity contribution in [1.82, 2.24) is 10.2 Å². The van der Waals surface area contributed by atoms with Crippen LogP contribution in [0.15, 0.2) is 18.2 Å². The Hall–Kier alpha value is -2.17. The molecule has 0 atom stereocenters. The highest BCUT2D eigenvalue weighted by Crippen LogP contribution is 2.24. The van der Waals surface area contributed by atoms with Crippen molar-refractivity contribution in [1.29, 1.82) is 0 Å². The Morgan fingerprint density at radius 2 is 1.76 bits per heavy atom. The predicted molar refractivity (Wildman–Crippen MR) is 95.4 cm³/mol. The Morgan fingerprint density at radius 3 is 2.48 bits per heavy atom. The molecule has 2 aliphatic rings. The molecule has 1 aromatic rings. The molecule has 0 aromatic heterocycles. The van der Waals surface area contributed by atoms with Crippen LogP contribution < -0.4 is 5.32 Å². The largest absolute Gasteiger partial charge is 0.353 e. The molecule has 25 heavy (non-hydrogen) atoms. The summed E-state index contributed by atoms with van der Waals surface area (Å²) in [6, 6.07) is 5.60. The summed E-state index contributed by atoms with van der Waals surface area (Å²) in [7, 11) is 0. The van der Waals surface area contributed by atoms with Crippen LogP contribution in [0.5, 0.6) is 0 Å². The molecule has 1 aliphatic carbocycles. The first-order valence-electron chi connectivity index (χ1n) is 9.32. The van der Waals surface area contributed by atoms with Gasteiger partial charge in [-0.15, -0.1) is 0 Å². The maximum absolute atomic E-state index is 12.4. The van der Waals surface area contributed by atoms with Gasteiger partial charge in [0.25, 0.3) is 11.8 Å². The number of amides is 3. The molecule has 1 saturated carbocycles. The van der Waals surface area contributed by atoms with Crippen LogP contribution in [0.2, 0.25) is 0 Å². The molecule has 0 unspecified atom stereocenters. The summed E-state index contributed by atoms with van der Waals surface area (Å²) in [4.78, 5) is 38.1. The van der Waals surface area contributed by atoms with Crippen LogP contribution in [-0.2, 0) is 4.79 Å². The summed E-state index contributed by atoms with van der Waals surface area (Å²) in [5.41, 5.74) is 1.91. The number of hydrogen-bond acceptors (Lipinski definition) is 3. The van der Waals surface area contributed by atoms with Crippen LogP contribution in [0.25, 0.3) is 0 Å². The van der Waals surface area contributed by atoms with Gasteiger partial charge < -0.3 is 5.32 Å².